The average molecular weight is 301 g/mol. The first kappa shape index (κ1) is 13.4. The second-order valence-electron chi connectivity index (χ2n) is 5.19. The molecule has 2 rings (SSSR count). The van der Waals surface area contributed by atoms with Crippen LogP contribution in [0.2, 0.25) is 10.9 Å². The van der Waals surface area contributed by atoms with E-state index in [1.807, 2.05) is 0 Å². The molecule has 0 atom stereocenters. The van der Waals surface area contributed by atoms with Crippen molar-refractivity contribution in [3.05, 3.63) is 59.7 Å². The van der Waals surface area contributed by atoms with E-state index in [-0.39, 0.29) is 0 Å². The molecular formula is C17H22As+. The minimum atomic E-state index is -1.93. The Morgan fingerprint density at radius 3 is 1.61 bits per heavy atom. The van der Waals surface area contributed by atoms with Gasteiger partial charge in [-0.05, 0) is 0 Å². The van der Waals surface area contributed by atoms with Gasteiger partial charge in [0.25, 0.3) is 0 Å². The van der Waals surface area contributed by atoms with Crippen LogP contribution in [0, 0.1) is 13.8 Å². The molecule has 0 aromatic heterocycles. The zero-order chi connectivity index (χ0) is 13.2. The molecular weight excluding hydrogens is 279 g/mol. The van der Waals surface area contributed by atoms with E-state index < -0.39 is 13.6 Å². The fraction of sp³-hybridized carbons (Fsp3) is 0.294. The first-order valence-corrected chi connectivity index (χ1v) is 11.6. The summed E-state index contributed by atoms with van der Waals surface area (Å²) in [7, 11) is 0. The molecule has 0 nitrogen and oxygen atoms in total. The molecule has 2 aromatic rings. The molecule has 94 valence electrons. The summed E-state index contributed by atoms with van der Waals surface area (Å²) in [6, 6.07) is 18.2. The SMILES string of the molecule is CC[As+](C)(c1cccc(C)c1)c1cccc(C)c1. The summed E-state index contributed by atoms with van der Waals surface area (Å²) in [6.45, 7) is 6.72. The molecule has 0 fully saturated rings. The van der Waals surface area contributed by atoms with Crippen LogP contribution >= 0.6 is 0 Å². The van der Waals surface area contributed by atoms with E-state index >= 15 is 0 Å². The van der Waals surface area contributed by atoms with E-state index in [0.717, 1.165) is 0 Å². The molecule has 0 aliphatic heterocycles. The Morgan fingerprint density at radius 2 is 1.28 bits per heavy atom. The van der Waals surface area contributed by atoms with E-state index in [2.05, 4.69) is 75.0 Å². The monoisotopic (exact) mass is 301 g/mol. The molecule has 0 spiro atoms. The quantitative estimate of drug-likeness (QED) is 0.761. The molecule has 1 heteroatoms. The summed E-state index contributed by atoms with van der Waals surface area (Å²) in [5, 5.41) is 1.28. The van der Waals surface area contributed by atoms with Gasteiger partial charge in [0.2, 0.25) is 0 Å². The van der Waals surface area contributed by atoms with E-state index in [0.29, 0.717) is 0 Å². The summed E-state index contributed by atoms with van der Waals surface area (Å²) in [4.78, 5) is 0. The molecule has 0 N–H and O–H groups in total. The van der Waals surface area contributed by atoms with Gasteiger partial charge < -0.3 is 0 Å². The van der Waals surface area contributed by atoms with Crippen LogP contribution in [0.5, 0.6) is 0 Å². The van der Waals surface area contributed by atoms with E-state index in [1.165, 1.54) is 16.3 Å². The van der Waals surface area contributed by atoms with Gasteiger partial charge in [0.1, 0.15) is 0 Å². The summed E-state index contributed by atoms with van der Waals surface area (Å²) in [6.07, 6.45) is 0. The maximum absolute atomic E-state index is 2.52. The predicted molar refractivity (Wildman–Crippen MR) is 83.7 cm³/mol. The molecule has 0 bridgehead atoms. The van der Waals surface area contributed by atoms with Crippen molar-refractivity contribution in [2.45, 2.75) is 31.7 Å². The molecule has 0 aliphatic rings. The second kappa shape index (κ2) is 5.32. The Labute approximate surface area is 114 Å². The van der Waals surface area contributed by atoms with Crippen LogP contribution in [-0.2, 0) is 0 Å². The van der Waals surface area contributed by atoms with Crippen LogP contribution in [-0.4, -0.2) is 13.6 Å². The zero-order valence-corrected chi connectivity index (χ0v) is 13.6. The first-order chi connectivity index (χ1) is 8.56. The third-order valence-corrected chi connectivity index (χ3v) is 12.4. The van der Waals surface area contributed by atoms with Crippen molar-refractivity contribution in [2.75, 3.05) is 0 Å². The van der Waals surface area contributed by atoms with Crippen LogP contribution < -0.4 is 8.70 Å². The van der Waals surface area contributed by atoms with Crippen LogP contribution in [0.3, 0.4) is 0 Å². The van der Waals surface area contributed by atoms with Gasteiger partial charge in [0, 0.05) is 0 Å². The summed E-state index contributed by atoms with van der Waals surface area (Å²) < 4.78 is 3.17. The van der Waals surface area contributed by atoms with Gasteiger partial charge in [-0.1, -0.05) is 0 Å². The van der Waals surface area contributed by atoms with Gasteiger partial charge in [-0.25, -0.2) is 0 Å². The number of benzene rings is 2. The fourth-order valence-electron chi connectivity index (χ4n) is 2.38. The number of rotatable bonds is 3. The summed E-state index contributed by atoms with van der Waals surface area (Å²) >= 11 is -1.93. The topological polar surface area (TPSA) is 0 Å². The van der Waals surface area contributed by atoms with Gasteiger partial charge in [-0.3, -0.25) is 0 Å². The van der Waals surface area contributed by atoms with Gasteiger partial charge in [-0.15, -0.1) is 0 Å². The van der Waals surface area contributed by atoms with Crippen LogP contribution in [0.25, 0.3) is 0 Å². The van der Waals surface area contributed by atoms with Crippen LogP contribution in [0.15, 0.2) is 48.5 Å². The van der Waals surface area contributed by atoms with Crippen molar-refractivity contribution in [1.29, 1.82) is 0 Å². The van der Waals surface area contributed by atoms with Crippen molar-refractivity contribution in [2.24, 2.45) is 0 Å². The molecule has 0 radical (unpaired) electrons. The summed E-state index contributed by atoms with van der Waals surface area (Å²) in [5.74, 6) is 0. The molecule has 0 saturated carbocycles. The number of hydrogen-bond acceptors (Lipinski definition) is 0. The fourth-order valence-corrected chi connectivity index (χ4v) is 8.33. The third-order valence-electron chi connectivity index (χ3n) is 3.78. The zero-order valence-electron chi connectivity index (χ0n) is 11.8. The normalized spacial score (nSPS) is 11.6. The van der Waals surface area contributed by atoms with Gasteiger partial charge in [0.15, 0.2) is 0 Å². The van der Waals surface area contributed by atoms with Gasteiger partial charge in [0.05, 0.1) is 0 Å². The van der Waals surface area contributed by atoms with Crippen LogP contribution in [0.4, 0.5) is 0 Å². The van der Waals surface area contributed by atoms with Crippen molar-refractivity contribution in [1.82, 2.24) is 0 Å². The predicted octanol–water partition coefficient (Wildman–Crippen LogP) is 3.52. The van der Waals surface area contributed by atoms with Crippen molar-refractivity contribution >= 4 is 22.3 Å². The molecule has 0 saturated heterocycles. The molecule has 0 aliphatic carbocycles. The first-order valence-electron chi connectivity index (χ1n) is 6.56. The van der Waals surface area contributed by atoms with Gasteiger partial charge in [-0.2, -0.15) is 0 Å². The molecule has 18 heavy (non-hydrogen) atoms. The van der Waals surface area contributed by atoms with E-state index in [1.54, 1.807) is 8.70 Å². The Kier molecular flexibility index (Phi) is 3.97. The average Bonchev–Trinajstić information content (AvgIpc) is 2.38. The Morgan fingerprint density at radius 1 is 0.833 bits per heavy atom. The standard InChI is InChI=1S/C17H22As/c1-5-18(4,16-10-6-8-14(2)12-16)17-11-7-9-15(3)13-17/h6-13H,5H2,1-4H3/q+1. The van der Waals surface area contributed by atoms with Crippen molar-refractivity contribution < 1.29 is 0 Å². The van der Waals surface area contributed by atoms with Gasteiger partial charge >= 0.3 is 114 Å². The number of hydrogen-bond donors (Lipinski definition) is 0. The van der Waals surface area contributed by atoms with Crippen molar-refractivity contribution in [3.8, 4) is 0 Å². The Hall–Kier alpha value is -1.00. The van der Waals surface area contributed by atoms with E-state index in [9.17, 15) is 0 Å². The third kappa shape index (κ3) is 2.54. The molecule has 0 unspecified atom stereocenters. The van der Waals surface area contributed by atoms with Crippen molar-refractivity contribution in [3.63, 3.8) is 0 Å². The second-order valence-corrected chi connectivity index (χ2v) is 13.7. The molecule has 0 amide bonds. The molecule has 2 aromatic carbocycles. The van der Waals surface area contributed by atoms with Crippen LogP contribution in [0.1, 0.15) is 18.1 Å². The Bertz CT molecular complexity index is 497. The van der Waals surface area contributed by atoms with E-state index in [4.69, 9.17) is 0 Å². The summed E-state index contributed by atoms with van der Waals surface area (Å²) in [5.41, 5.74) is 5.27. The molecule has 0 heterocycles. The number of aryl methyl sites for hydroxylation is 2. The minimum absolute atomic E-state index is 1.28. The Balaban J connectivity index is 2.54. The maximum atomic E-state index is 2.52.